The minimum absolute atomic E-state index is 0.141. The van der Waals surface area contributed by atoms with Crippen LogP contribution in [-0.2, 0) is 20.6 Å². The predicted molar refractivity (Wildman–Crippen MR) is 102 cm³/mol. The lowest BCUT2D eigenvalue weighted by atomic mass is 10.2. The van der Waals surface area contributed by atoms with Gasteiger partial charge in [0.2, 0.25) is 15.4 Å². The normalized spacial score (nSPS) is 11.5. The van der Waals surface area contributed by atoms with E-state index in [1.54, 1.807) is 23.9 Å². The zero-order valence-corrected chi connectivity index (χ0v) is 16.9. The highest BCUT2D eigenvalue weighted by molar-refractivity contribution is 7.98. The van der Waals surface area contributed by atoms with E-state index in [0.29, 0.717) is 21.6 Å². The lowest BCUT2D eigenvalue weighted by Crippen LogP contribution is -2.26. The number of rotatable bonds is 8. The van der Waals surface area contributed by atoms with Gasteiger partial charge in [-0.2, -0.15) is 11.8 Å². The molecule has 1 aromatic heterocycles. The molecule has 0 aliphatic rings. The quantitative estimate of drug-likeness (QED) is 0.483. The third-order valence-electron chi connectivity index (χ3n) is 2.71. The SMILES string of the molecule is CC(=O)Nc1nnc(S(=O)(=O)NCCSCc2ccc(Cl)c(Cl)c2)s1. The largest absolute Gasteiger partial charge is 0.301 e. The number of amides is 1. The molecule has 0 unspecified atom stereocenters. The second kappa shape index (κ2) is 9.15. The van der Waals surface area contributed by atoms with Crippen LogP contribution in [0.1, 0.15) is 12.5 Å². The second-order valence-electron chi connectivity index (χ2n) is 4.75. The van der Waals surface area contributed by atoms with Gasteiger partial charge in [-0.3, -0.25) is 4.79 Å². The van der Waals surface area contributed by atoms with E-state index in [-0.39, 0.29) is 21.9 Å². The maximum Gasteiger partial charge on any atom is 0.269 e. The van der Waals surface area contributed by atoms with Gasteiger partial charge in [-0.1, -0.05) is 40.6 Å². The molecule has 25 heavy (non-hydrogen) atoms. The summed E-state index contributed by atoms with van der Waals surface area (Å²) in [6.07, 6.45) is 0. The lowest BCUT2D eigenvalue weighted by Gasteiger charge is -2.05. The number of nitrogens with one attached hydrogen (secondary N) is 2. The number of halogens is 2. The van der Waals surface area contributed by atoms with Gasteiger partial charge in [0.05, 0.1) is 10.0 Å². The Morgan fingerprint density at radius 2 is 2.04 bits per heavy atom. The van der Waals surface area contributed by atoms with Crippen molar-refractivity contribution in [3.05, 3.63) is 33.8 Å². The third kappa shape index (κ3) is 6.39. The van der Waals surface area contributed by atoms with E-state index in [2.05, 4.69) is 20.2 Å². The van der Waals surface area contributed by atoms with Crippen molar-refractivity contribution in [1.29, 1.82) is 0 Å². The average Bonchev–Trinajstić information content (AvgIpc) is 2.99. The molecule has 0 saturated carbocycles. The van der Waals surface area contributed by atoms with Crippen molar-refractivity contribution < 1.29 is 13.2 Å². The number of thioether (sulfide) groups is 1. The molecule has 1 amide bonds. The first kappa shape index (κ1) is 20.4. The van der Waals surface area contributed by atoms with Crippen LogP contribution >= 0.6 is 46.3 Å². The minimum Gasteiger partial charge on any atom is -0.301 e. The first-order chi connectivity index (χ1) is 11.8. The van der Waals surface area contributed by atoms with Crippen LogP contribution in [0.3, 0.4) is 0 Å². The molecule has 7 nitrogen and oxygen atoms in total. The van der Waals surface area contributed by atoms with E-state index in [1.807, 2.05) is 6.07 Å². The number of anilines is 1. The van der Waals surface area contributed by atoms with E-state index in [0.717, 1.165) is 16.9 Å². The highest BCUT2D eigenvalue weighted by atomic mass is 35.5. The fraction of sp³-hybridized carbons (Fsp3) is 0.308. The van der Waals surface area contributed by atoms with Crippen molar-refractivity contribution in [3.8, 4) is 0 Å². The van der Waals surface area contributed by atoms with Gasteiger partial charge >= 0.3 is 0 Å². The van der Waals surface area contributed by atoms with E-state index in [1.165, 1.54) is 6.92 Å². The summed E-state index contributed by atoms with van der Waals surface area (Å²) in [6, 6.07) is 5.38. The summed E-state index contributed by atoms with van der Waals surface area (Å²) in [5.41, 5.74) is 1.01. The molecule has 2 rings (SSSR count). The molecule has 0 radical (unpaired) electrons. The number of carbonyl (C=O) groups excluding carboxylic acids is 1. The summed E-state index contributed by atoms with van der Waals surface area (Å²) in [5, 5.41) is 10.7. The Kier molecular flexibility index (Phi) is 7.47. The highest BCUT2D eigenvalue weighted by Gasteiger charge is 2.19. The van der Waals surface area contributed by atoms with E-state index >= 15 is 0 Å². The maximum atomic E-state index is 12.1. The van der Waals surface area contributed by atoms with Crippen LogP contribution in [0.4, 0.5) is 5.13 Å². The zero-order valence-electron chi connectivity index (χ0n) is 13.0. The van der Waals surface area contributed by atoms with Crippen molar-refractivity contribution in [2.45, 2.75) is 17.0 Å². The molecule has 2 aromatic rings. The van der Waals surface area contributed by atoms with Crippen LogP contribution in [0.25, 0.3) is 0 Å². The Hall–Kier alpha value is -0.910. The molecule has 12 heteroatoms. The maximum absolute atomic E-state index is 12.1. The summed E-state index contributed by atoms with van der Waals surface area (Å²) in [7, 11) is -3.74. The third-order valence-corrected chi connectivity index (χ3v) is 7.15. The first-order valence-corrected chi connectivity index (χ1v) is 11.1. The van der Waals surface area contributed by atoms with Crippen LogP contribution in [-0.4, -0.2) is 36.8 Å². The molecular weight excluding hydrogens is 427 g/mol. The first-order valence-electron chi connectivity index (χ1n) is 6.90. The van der Waals surface area contributed by atoms with Gasteiger partial charge in [-0.15, -0.1) is 10.2 Å². The Morgan fingerprint density at radius 1 is 1.28 bits per heavy atom. The van der Waals surface area contributed by atoms with Gasteiger partial charge in [0.15, 0.2) is 0 Å². The summed E-state index contributed by atoms with van der Waals surface area (Å²) < 4.78 is 26.4. The van der Waals surface area contributed by atoms with E-state index < -0.39 is 10.0 Å². The van der Waals surface area contributed by atoms with Crippen LogP contribution in [0.5, 0.6) is 0 Å². The van der Waals surface area contributed by atoms with Crippen LogP contribution < -0.4 is 10.0 Å². The molecule has 1 aromatic carbocycles. The van der Waals surface area contributed by atoms with Crippen molar-refractivity contribution >= 4 is 67.4 Å². The number of nitrogens with zero attached hydrogens (tertiary/aromatic N) is 2. The highest BCUT2D eigenvalue weighted by Crippen LogP contribution is 2.24. The number of carbonyl (C=O) groups is 1. The number of sulfonamides is 1. The Bertz CT molecular complexity index is 858. The van der Waals surface area contributed by atoms with Crippen molar-refractivity contribution in [2.75, 3.05) is 17.6 Å². The smallest absolute Gasteiger partial charge is 0.269 e. The average molecular weight is 441 g/mol. The Labute approximate surface area is 163 Å². The van der Waals surface area contributed by atoms with Crippen molar-refractivity contribution in [1.82, 2.24) is 14.9 Å². The molecule has 1 heterocycles. The molecular formula is C13H14Cl2N4O3S3. The van der Waals surface area contributed by atoms with Crippen molar-refractivity contribution in [3.63, 3.8) is 0 Å². The van der Waals surface area contributed by atoms with Gasteiger partial charge in [0.25, 0.3) is 10.0 Å². The predicted octanol–water partition coefficient (Wildman–Crippen LogP) is 3.02. The molecule has 2 N–H and O–H groups in total. The number of benzene rings is 1. The molecule has 0 atom stereocenters. The summed E-state index contributed by atoms with van der Waals surface area (Å²) in [5.74, 6) is 0.910. The summed E-state index contributed by atoms with van der Waals surface area (Å²) in [6.45, 7) is 1.54. The molecule has 0 aliphatic carbocycles. The molecule has 0 fully saturated rings. The monoisotopic (exact) mass is 440 g/mol. The number of hydrogen-bond donors (Lipinski definition) is 2. The van der Waals surface area contributed by atoms with Gasteiger partial charge in [0, 0.05) is 25.0 Å². The summed E-state index contributed by atoms with van der Waals surface area (Å²) >= 11 is 14.1. The fourth-order valence-electron chi connectivity index (χ4n) is 1.65. The number of hydrogen-bond acceptors (Lipinski definition) is 7. The van der Waals surface area contributed by atoms with Crippen LogP contribution in [0.15, 0.2) is 22.5 Å². The number of aromatic nitrogens is 2. The standard InChI is InChI=1S/C13H14Cl2N4O3S3/c1-8(20)17-12-18-19-13(24-12)25(21,22)16-4-5-23-7-9-2-3-10(14)11(15)6-9/h2-3,6,16H,4-5,7H2,1H3,(H,17,18,20). The van der Waals surface area contributed by atoms with Gasteiger partial charge in [0.1, 0.15) is 0 Å². The van der Waals surface area contributed by atoms with Gasteiger partial charge in [-0.25, -0.2) is 13.1 Å². The van der Waals surface area contributed by atoms with Crippen molar-refractivity contribution in [2.24, 2.45) is 0 Å². The molecule has 0 saturated heterocycles. The zero-order chi connectivity index (χ0) is 18.4. The Morgan fingerprint density at radius 3 is 2.72 bits per heavy atom. The Balaban J connectivity index is 1.79. The molecule has 0 spiro atoms. The van der Waals surface area contributed by atoms with E-state index in [9.17, 15) is 13.2 Å². The summed E-state index contributed by atoms with van der Waals surface area (Å²) in [4.78, 5) is 10.9. The fourth-order valence-corrected chi connectivity index (χ4v) is 4.92. The van der Waals surface area contributed by atoms with Crippen LogP contribution in [0.2, 0.25) is 10.0 Å². The second-order valence-corrected chi connectivity index (χ2v) is 9.59. The van der Waals surface area contributed by atoms with Gasteiger partial charge in [-0.05, 0) is 17.7 Å². The molecule has 136 valence electrons. The van der Waals surface area contributed by atoms with E-state index in [4.69, 9.17) is 23.2 Å². The lowest BCUT2D eigenvalue weighted by molar-refractivity contribution is -0.114. The topological polar surface area (TPSA) is 101 Å². The van der Waals surface area contributed by atoms with Crippen LogP contribution in [0, 0.1) is 0 Å². The minimum atomic E-state index is -3.74. The molecule has 0 bridgehead atoms. The molecule has 0 aliphatic heterocycles. The van der Waals surface area contributed by atoms with Gasteiger partial charge < -0.3 is 5.32 Å².